The van der Waals surface area contributed by atoms with Crippen molar-refractivity contribution in [3.63, 3.8) is 0 Å². The number of benzene rings is 2. The summed E-state index contributed by atoms with van der Waals surface area (Å²) < 4.78 is 5.97. The molecule has 104 valence electrons. The Balaban J connectivity index is 2.02. The van der Waals surface area contributed by atoms with E-state index in [4.69, 9.17) is 3.07 Å². The summed E-state index contributed by atoms with van der Waals surface area (Å²) in [6.45, 7) is 0. The molecule has 3 rings (SSSR count). The van der Waals surface area contributed by atoms with Gasteiger partial charge in [0.2, 0.25) is 0 Å². The minimum absolute atomic E-state index is 0.0521. The molecule has 2 aromatic rings. The molecule has 21 heavy (non-hydrogen) atoms. The number of Topliss-reactive ketones (excluding diaryl/α,β-unsaturated/α-hetero) is 1. The number of nitrogens with zero attached hydrogens (tertiary/aromatic N) is 2. The number of rotatable bonds is 3. The van der Waals surface area contributed by atoms with Crippen molar-refractivity contribution >= 4 is 35.7 Å². The minimum atomic E-state index is -2.78. The summed E-state index contributed by atoms with van der Waals surface area (Å²) in [5.41, 5.74) is 10.1. The molecule has 6 heteroatoms. The van der Waals surface area contributed by atoms with Gasteiger partial charge in [0.1, 0.15) is 0 Å². The van der Waals surface area contributed by atoms with Gasteiger partial charge < -0.3 is 0 Å². The molecular weight excluding hydrogens is 383 g/mol. The zero-order valence-corrected chi connectivity index (χ0v) is 12.9. The molecule has 0 saturated carbocycles. The average molecular weight is 392 g/mol. The molecule has 2 aromatic carbocycles. The van der Waals surface area contributed by atoms with Gasteiger partial charge in [-0.05, 0) is 0 Å². The van der Waals surface area contributed by atoms with Gasteiger partial charge in [-0.15, -0.1) is 0 Å². The quantitative estimate of drug-likeness (QED) is 0.265. The van der Waals surface area contributed by atoms with Crippen molar-refractivity contribution in [1.29, 1.82) is 0 Å². The SMILES string of the molecule is [N-]=[N+]=C(C(=O)c1ccccc1)I1OC(=O)c2ccccc21. The van der Waals surface area contributed by atoms with E-state index < -0.39 is 32.0 Å². The monoisotopic (exact) mass is 392 g/mol. The van der Waals surface area contributed by atoms with Crippen LogP contribution in [0.2, 0.25) is 0 Å². The summed E-state index contributed by atoms with van der Waals surface area (Å²) in [6, 6.07) is 15.4. The number of hydrogen-bond donors (Lipinski definition) is 0. The van der Waals surface area contributed by atoms with Crippen LogP contribution in [0.1, 0.15) is 20.7 Å². The van der Waals surface area contributed by atoms with E-state index in [0.29, 0.717) is 14.7 Å². The zero-order chi connectivity index (χ0) is 14.8. The molecule has 0 radical (unpaired) electrons. The van der Waals surface area contributed by atoms with Crippen LogP contribution in [0.25, 0.3) is 5.53 Å². The van der Waals surface area contributed by atoms with Crippen molar-refractivity contribution in [2.24, 2.45) is 0 Å². The maximum atomic E-state index is 12.4. The number of halogens is 1. The van der Waals surface area contributed by atoms with Crippen LogP contribution in [0.4, 0.5) is 0 Å². The Morgan fingerprint density at radius 1 is 1.05 bits per heavy atom. The van der Waals surface area contributed by atoms with Crippen LogP contribution >= 0.6 is 20.2 Å². The Morgan fingerprint density at radius 2 is 1.71 bits per heavy atom. The molecule has 1 heterocycles. The number of fused-ring (bicyclic) bond motifs is 1. The first kappa shape index (κ1) is 13.7. The van der Waals surface area contributed by atoms with Crippen LogP contribution in [0, 0.1) is 3.57 Å². The van der Waals surface area contributed by atoms with E-state index in [1.54, 1.807) is 54.6 Å². The first-order valence-corrected chi connectivity index (χ1v) is 9.09. The molecule has 0 saturated heterocycles. The van der Waals surface area contributed by atoms with Crippen molar-refractivity contribution in [2.75, 3.05) is 0 Å². The summed E-state index contributed by atoms with van der Waals surface area (Å²) in [6.07, 6.45) is 0. The Labute approximate surface area is 128 Å². The standard InChI is InChI=1S/C15H9IN2O3/c17-18-14(13(19)10-6-2-1-3-7-10)16-12-9-5-4-8-11(12)15(20)21-16/h1-9H. The van der Waals surface area contributed by atoms with E-state index in [1.165, 1.54) is 0 Å². The van der Waals surface area contributed by atoms with E-state index in [-0.39, 0.29) is 3.72 Å². The molecule has 0 bridgehead atoms. The predicted octanol–water partition coefficient (Wildman–Crippen LogP) is 2.96. The number of carbonyl (C=O) groups is 2. The second-order valence-corrected chi connectivity index (χ2v) is 8.22. The fourth-order valence-electron chi connectivity index (χ4n) is 1.93. The second kappa shape index (κ2) is 5.59. The third-order valence-corrected chi connectivity index (χ3v) is 7.37. The molecule has 0 aliphatic carbocycles. The van der Waals surface area contributed by atoms with Crippen molar-refractivity contribution in [1.82, 2.24) is 0 Å². The van der Waals surface area contributed by atoms with Crippen LogP contribution in [0.5, 0.6) is 0 Å². The van der Waals surface area contributed by atoms with Crippen LogP contribution in [-0.2, 0) is 3.07 Å². The van der Waals surface area contributed by atoms with E-state index in [0.717, 1.165) is 0 Å². The zero-order valence-electron chi connectivity index (χ0n) is 10.7. The molecule has 0 atom stereocenters. The third kappa shape index (κ3) is 2.39. The Bertz CT molecular complexity index is 783. The average Bonchev–Trinajstić information content (AvgIpc) is 2.86. The van der Waals surface area contributed by atoms with Gasteiger partial charge >= 0.3 is 128 Å². The summed E-state index contributed by atoms with van der Waals surface area (Å²) in [5.74, 6) is -0.870. The summed E-state index contributed by atoms with van der Waals surface area (Å²) >= 11 is -2.78. The number of hydrogen-bond acceptors (Lipinski definition) is 3. The van der Waals surface area contributed by atoms with Crippen LogP contribution in [0.15, 0.2) is 54.6 Å². The third-order valence-electron chi connectivity index (χ3n) is 2.90. The van der Waals surface area contributed by atoms with Crippen molar-refractivity contribution in [2.45, 2.75) is 0 Å². The van der Waals surface area contributed by atoms with E-state index >= 15 is 0 Å². The van der Waals surface area contributed by atoms with Gasteiger partial charge in [-0.25, -0.2) is 0 Å². The van der Waals surface area contributed by atoms with E-state index in [1.807, 2.05) is 0 Å². The molecule has 0 N–H and O–H groups in total. The first-order valence-electron chi connectivity index (χ1n) is 6.06. The topological polar surface area (TPSA) is 79.8 Å². The molecule has 1 aliphatic heterocycles. The Morgan fingerprint density at radius 3 is 2.43 bits per heavy atom. The number of ketones is 1. The van der Waals surface area contributed by atoms with Gasteiger partial charge in [-0.2, -0.15) is 0 Å². The molecule has 0 unspecified atom stereocenters. The molecule has 5 nitrogen and oxygen atoms in total. The predicted molar refractivity (Wildman–Crippen MR) is 84.0 cm³/mol. The van der Waals surface area contributed by atoms with Crippen molar-refractivity contribution < 1.29 is 17.4 Å². The second-order valence-electron chi connectivity index (χ2n) is 4.18. The molecule has 0 spiro atoms. The van der Waals surface area contributed by atoms with Crippen LogP contribution < -0.4 is 0 Å². The summed E-state index contributed by atoms with van der Waals surface area (Å²) in [4.78, 5) is 27.4. The normalized spacial score (nSPS) is 14.1. The van der Waals surface area contributed by atoms with Crippen LogP contribution in [-0.4, -0.2) is 20.3 Å². The number of carbonyl (C=O) groups excluding carboxylic acids is 2. The van der Waals surface area contributed by atoms with Crippen molar-refractivity contribution in [3.8, 4) is 0 Å². The van der Waals surface area contributed by atoms with Gasteiger partial charge in [-0.1, -0.05) is 0 Å². The first-order chi connectivity index (χ1) is 10.2. The molecule has 0 amide bonds. The van der Waals surface area contributed by atoms with Gasteiger partial charge in [0.15, 0.2) is 0 Å². The van der Waals surface area contributed by atoms with Gasteiger partial charge in [0.05, 0.1) is 0 Å². The van der Waals surface area contributed by atoms with Gasteiger partial charge in [0.25, 0.3) is 0 Å². The Kier molecular flexibility index (Phi) is 3.64. The fourth-order valence-corrected chi connectivity index (χ4v) is 5.98. The molecular formula is C15H9IN2O3. The van der Waals surface area contributed by atoms with E-state index in [9.17, 15) is 15.1 Å². The summed E-state index contributed by atoms with van der Waals surface area (Å²) in [7, 11) is 0. The van der Waals surface area contributed by atoms with Gasteiger partial charge in [-0.3, -0.25) is 0 Å². The summed E-state index contributed by atoms with van der Waals surface area (Å²) in [5, 5.41) is 0. The van der Waals surface area contributed by atoms with Crippen molar-refractivity contribution in [3.05, 3.63) is 74.8 Å². The maximum absolute atomic E-state index is 12.4. The molecule has 0 aromatic heterocycles. The van der Waals surface area contributed by atoms with Gasteiger partial charge in [0, 0.05) is 0 Å². The molecule has 0 fully saturated rings. The molecule has 1 aliphatic rings. The van der Waals surface area contributed by atoms with E-state index in [2.05, 4.69) is 4.79 Å². The van der Waals surface area contributed by atoms with Crippen LogP contribution in [0.3, 0.4) is 0 Å². The fraction of sp³-hybridized carbons (Fsp3) is 0. The Hall–Kier alpha value is -2.31.